The summed E-state index contributed by atoms with van der Waals surface area (Å²) in [5, 5.41) is -4.63. The predicted octanol–water partition coefficient (Wildman–Crippen LogP) is 4.40. The fourth-order valence-electron chi connectivity index (χ4n) is 8.47. The minimum Gasteiger partial charge on any atom is -0.455 e. The number of carbonyl (C=O) groups is 4. The van der Waals surface area contributed by atoms with Gasteiger partial charge in [0, 0.05) is 43.4 Å². The average molecular weight is 561 g/mol. The Morgan fingerprint density at radius 3 is 2.39 bits per heavy atom. The molecule has 0 aromatic carbocycles. The lowest BCUT2D eigenvalue weighted by Crippen LogP contribution is -2.60. The molecule has 1 N–H and O–H groups in total. The Bertz CT molecular complexity index is 1140. The molecule has 8 nitrogen and oxygen atoms in total. The maximum atomic E-state index is 13.8. The summed E-state index contributed by atoms with van der Waals surface area (Å²) >= 11 is 0. The van der Waals surface area contributed by atoms with Crippen LogP contribution < -0.4 is 0 Å². The van der Waals surface area contributed by atoms with Crippen LogP contribution in [0.5, 0.6) is 0 Å². The summed E-state index contributed by atoms with van der Waals surface area (Å²) in [6.07, 6.45) is 1.34. The zero-order valence-electron chi connectivity index (χ0n) is 22.4. The maximum Gasteiger partial charge on any atom is 0.405 e. The van der Waals surface area contributed by atoms with Crippen molar-refractivity contribution in [3.05, 3.63) is 0 Å². The van der Waals surface area contributed by atoms with E-state index in [9.17, 15) is 36.4 Å². The Morgan fingerprint density at radius 1 is 1.11 bits per heavy atom. The molecule has 0 saturated heterocycles. The van der Waals surface area contributed by atoms with Gasteiger partial charge in [0.15, 0.2) is 6.10 Å². The summed E-state index contributed by atoms with van der Waals surface area (Å²) in [6, 6.07) is 0. The molecule has 4 rings (SSSR count). The Labute approximate surface area is 222 Å². The molecule has 2 unspecified atom stereocenters. The highest BCUT2D eigenvalue weighted by atomic mass is 32.2. The third-order valence-corrected chi connectivity index (χ3v) is 11.9. The second-order valence-corrected chi connectivity index (χ2v) is 14.1. The molecule has 0 aromatic rings. The van der Waals surface area contributed by atoms with Crippen molar-refractivity contribution < 1.29 is 45.7 Å². The van der Waals surface area contributed by atoms with E-state index in [4.69, 9.17) is 4.55 Å². The van der Waals surface area contributed by atoms with Gasteiger partial charge >= 0.3 is 21.3 Å². The molecule has 4 aliphatic carbocycles. The number of rotatable bonds is 7. The molecular formula is C27H38F2O8S. The van der Waals surface area contributed by atoms with Crippen LogP contribution in [-0.2, 0) is 34.0 Å². The standard InChI is InChI=1S/C27H38F2O8S/c1-14(5-8-23(33)37-15(2)27(28,29)38(34,35)36)18-6-7-19-24-20(13-22(32)26(18,19)4)25(3)10-9-17(30)11-16(25)12-21(24)31/h14-16,18-20,24H,5-13H2,1-4H3,(H,34,35,36)/t14-,15?,16?,18-,19+,20+,24+,25+,26-/m1/s1. The van der Waals surface area contributed by atoms with Gasteiger partial charge in [-0.3, -0.25) is 23.7 Å². The fourth-order valence-corrected chi connectivity index (χ4v) is 8.94. The van der Waals surface area contributed by atoms with Crippen LogP contribution in [0.15, 0.2) is 0 Å². The van der Waals surface area contributed by atoms with Crippen molar-refractivity contribution in [3.8, 4) is 0 Å². The van der Waals surface area contributed by atoms with Crippen LogP contribution in [0.2, 0.25) is 0 Å². The average Bonchev–Trinajstić information content (AvgIpc) is 3.17. The molecule has 9 atom stereocenters. The Morgan fingerprint density at radius 2 is 1.76 bits per heavy atom. The topological polar surface area (TPSA) is 132 Å². The van der Waals surface area contributed by atoms with Gasteiger partial charge in [0.25, 0.3) is 0 Å². The van der Waals surface area contributed by atoms with Crippen LogP contribution in [0.4, 0.5) is 8.78 Å². The van der Waals surface area contributed by atoms with Gasteiger partial charge in [0.05, 0.1) is 0 Å². The molecule has 0 amide bonds. The van der Waals surface area contributed by atoms with Crippen LogP contribution in [0.1, 0.15) is 85.5 Å². The zero-order valence-corrected chi connectivity index (χ0v) is 23.2. The first-order chi connectivity index (χ1) is 17.4. The number of ether oxygens (including phenoxy) is 1. The van der Waals surface area contributed by atoms with Gasteiger partial charge < -0.3 is 4.74 Å². The van der Waals surface area contributed by atoms with E-state index in [0.717, 1.165) is 0 Å². The lowest BCUT2D eigenvalue weighted by atomic mass is 9.44. The maximum absolute atomic E-state index is 13.8. The predicted molar refractivity (Wildman–Crippen MR) is 131 cm³/mol. The van der Waals surface area contributed by atoms with Crippen LogP contribution in [0, 0.1) is 46.3 Å². The molecule has 4 saturated carbocycles. The van der Waals surface area contributed by atoms with Crippen molar-refractivity contribution in [3.63, 3.8) is 0 Å². The normalized spacial score (nSPS) is 39.1. The van der Waals surface area contributed by atoms with Gasteiger partial charge in [0.1, 0.15) is 17.3 Å². The second kappa shape index (κ2) is 9.71. The van der Waals surface area contributed by atoms with E-state index in [1.807, 2.05) is 13.8 Å². The summed E-state index contributed by atoms with van der Waals surface area (Å²) in [7, 11) is -5.74. The summed E-state index contributed by atoms with van der Waals surface area (Å²) < 4.78 is 62.6. The van der Waals surface area contributed by atoms with E-state index in [2.05, 4.69) is 11.7 Å². The highest BCUT2D eigenvalue weighted by molar-refractivity contribution is 7.86. The van der Waals surface area contributed by atoms with Crippen LogP contribution in [0.3, 0.4) is 0 Å². The minimum absolute atomic E-state index is 0.00705. The lowest BCUT2D eigenvalue weighted by molar-refractivity contribution is -0.166. The summed E-state index contributed by atoms with van der Waals surface area (Å²) in [5.74, 6) is -1.21. The minimum atomic E-state index is -5.74. The molecule has 214 valence electrons. The molecule has 4 aliphatic rings. The van der Waals surface area contributed by atoms with E-state index >= 15 is 0 Å². The SMILES string of the molecule is CC(OC(=O)CC[C@@H](C)[C@H]1CC[C@H]2[C@@H]3C(=O)CC4CC(=O)CC[C@]4(C)[C@H]3CC(=O)[C@]12C)C(F)(F)S(=O)(=O)O. The van der Waals surface area contributed by atoms with Gasteiger partial charge in [-0.25, -0.2) is 0 Å². The van der Waals surface area contributed by atoms with Gasteiger partial charge in [-0.15, -0.1) is 0 Å². The first-order valence-electron chi connectivity index (χ1n) is 13.6. The van der Waals surface area contributed by atoms with Gasteiger partial charge in [-0.1, -0.05) is 20.8 Å². The van der Waals surface area contributed by atoms with Crippen LogP contribution in [0.25, 0.3) is 0 Å². The number of ketones is 3. The molecule has 0 aromatic heterocycles. The van der Waals surface area contributed by atoms with E-state index in [1.54, 1.807) is 0 Å². The van der Waals surface area contributed by atoms with E-state index in [1.165, 1.54) is 0 Å². The summed E-state index contributed by atoms with van der Waals surface area (Å²) in [5.41, 5.74) is -0.948. The number of hydrogen-bond donors (Lipinski definition) is 1. The first kappa shape index (κ1) is 29.2. The third-order valence-electron chi connectivity index (χ3n) is 10.8. The molecule has 11 heteroatoms. The van der Waals surface area contributed by atoms with Crippen LogP contribution >= 0.6 is 0 Å². The highest BCUT2D eigenvalue weighted by Gasteiger charge is 2.66. The molecule has 0 bridgehead atoms. The Kier molecular flexibility index (Phi) is 7.47. The molecule has 0 radical (unpaired) electrons. The Hall–Kier alpha value is -1.75. The highest BCUT2D eigenvalue weighted by Crippen LogP contribution is 2.66. The lowest BCUT2D eigenvalue weighted by Gasteiger charge is -2.58. The van der Waals surface area contributed by atoms with E-state index in [0.29, 0.717) is 51.9 Å². The molecule has 0 spiro atoms. The Balaban J connectivity index is 1.45. The van der Waals surface area contributed by atoms with Crippen molar-refractivity contribution in [1.82, 2.24) is 0 Å². The van der Waals surface area contributed by atoms with Crippen molar-refractivity contribution >= 4 is 33.4 Å². The van der Waals surface area contributed by atoms with Crippen molar-refractivity contribution in [2.45, 2.75) is 96.8 Å². The molecule has 38 heavy (non-hydrogen) atoms. The van der Waals surface area contributed by atoms with E-state index in [-0.39, 0.29) is 71.1 Å². The fraction of sp³-hybridized carbons (Fsp3) is 0.852. The first-order valence-corrected chi connectivity index (χ1v) is 15.0. The third kappa shape index (κ3) is 4.55. The molecule has 4 fully saturated rings. The number of esters is 1. The molecule has 0 aliphatic heterocycles. The summed E-state index contributed by atoms with van der Waals surface area (Å²) in [6.45, 7) is 6.68. The number of carbonyl (C=O) groups excluding carboxylic acids is 4. The van der Waals surface area contributed by atoms with Crippen molar-refractivity contribution in [2.75, 3.05) is 0 Å². The van der Waals surface area contributed by atoms with Crippen molar-refractivity contribution in [2.24, 2.45) is 46.3 Å². The number of Topliss-reactive ketones (excluding diaryl/α,β-unsaturated/α-hetero) is 3. The van der Waals surface area contributed by atoms with Crippen LogP contribution in [-0.4, -0.2) is 47.6 Å². The number of hydrogen-bond acceptors (Lipinski definition) is 7. The van der Waals surface area contributed by atoms with Gasteiger partial charge in [-0.05, 0) is 67.6 Å². The largest absolute Gasteiger partial charge is 0.455 e. The molecular weight excluding hydrogens is 522 g/mol. The smallest absolute Gasteiger partial charge is 0.405 e. The number of alkyl halides is 2. The molecule has 0 heterocycles. The van der Waals surface area contributed by atoms with Crippen molar-refractivity contribution in [1.29, 1.82) is 0 Å². The summed E-state index contributed by atoms with van der Waals surface area (Å²) in [4.78, 5) is 51.6. The van der Waals surface area contributed by atoms with Gasteiger partial charge in [0.2, 0.25) is 0 Å². The number of fused-ring (bicyclic) bond motifs is 5. The number of halogens is 2. The van der Waals surface area contributed by atoms with Gasteiger partial charge in [-0.2, -0.15) is 17.2 Å². The quantitative estimate of drug-likeness (QED) is 0.358. The van der Waals surface area contributed by atoms with E-state index < -0.39 is 32.9 Å². The zero-order chi connectivity index (χ0) is 28.4. The monoisotopic (exact) mass is 560 g/mol. The second-order valence-electron chi connectivity index (χ2n) is 12.6.